The van der Waals surface area contributed by atoms with Crippen LogP contribution < -0.4 is 10.5 Å². The fraction of sp³-hybridized carbons (Fsp3) is 0.133. The van der Waals surface area contributed by atoms with Crippen LogP contribution in [0.15, 0.2) is 85.2 Å². The van der Waals surface area contributed by atoms with E-state index in [9.17, 15) is 9.90 Å². The average Bonchev–Trinajstić information content (AvgIpc) is 3.34. The topological polar surface area (TPSA) is 121 Å². The fourth-order valence-electron chi connectivity index (χ4n) is 3.96. The van der Waals surface area contributed by atoms with Crippen molar-refractivity contribution in [2.45, 2.75) is 12.5 Å². The molecule has 3 aromatic carbocycles. The molecule has 0 fully saturated rings. The Kier molecular flexibility index (Phi) is 8.16. The molecular weight excluding hydrogens is 466 g/mol. The number of aromatic amines is 1. The van der Waals surface area contributed by atoms with Crippen molar-refractivity contribution in [3.8, 4) is 17.6 Å². The fourth-order valence-corrected chi connectivity index (χ4v) is 3.96. The second kappa shape index (κ2) is 11.9. The molecule has 5 rings (SSSR count). The molecule has 2 aromatic heterocycles. The molecule has 186 valence electrons. The van der Waals surface area contributed by atoms with Gasteiger partial charge in [0.05, 0.1) is 30.4 Å². The van der Waals surface area contributed by atoms with Crippen LogP contribution in [0.25, 0.3) is 21.8 Å². The maximum absolute atomic E-state index is 11.4. The summed E-state index contributed by atoms with van der Waals surface area (Å²) in [7, 11) is 1.59. The van der Waals surface area contributed by atoms with Gasteiger partial charge in [-0.3, -0.25) is 4.98 Å². The van der Waals surface area contributed by atoms with E-state index in [2.05, 4.69) is 27.9 Å². The zero-order chi connectivity index (χ0) is 26.2. The zero-order valence-corrected chi connectivity index (χ0v) is 20.3. The lowest BCUT2D eigenvalue weighted by atomic mass is 10.0. The van der Waals surface area contributed by atoms with E-state index in [1.54, 1.807) is 25.4 Å². The number of carbonyl (C=O) groups is 1. The largest absolute Gasteiger partial charge is 0.495 e. The van der Waals surface area contributed by atoms with Gasteiger partial charge in [0, 0.05) is 40.3 Å². The molecule has 2 heterocycles. The number of H-pyrrole nitrogens is 1. The average molecular weight is 494 g/mol. The second-order valence-corrected chi connectivity index (χ2v) is 8.36. The highest BCUT2D eigenvalue weighted by Crippen LogP contribution is 2.20. The Hall–Kier alpha value is -4.64. The smallest absolute Gasteiger partial charge is 0.337 e. The molecule has 1 atom stereocenters. The Morgan fingerprint density at radius 3 is 2.65 bits per heavy atom. The molecule has 0 saturated heterocycles. The quantitative estimate of drug-likeness (QED) is 0.270. The van der Waals surface area contributed by atoms with Gasteiger partial charge in [-0.2, -0.15) is 0 Å². The van der Waals surface area contributed by atoms with E-state index in [1.807, 2.05) is 60.8 Å². The summed E-state index contributed by atoms with van der Waals surface area (Å²) >= 11 is 0. The van der Waals surface area contributed by atoms with E-state index >= 15 is 0 Å². The van der Waals surface area contributed by atoms with Gasteiger partial charge in [-0.25, -0.2) is 4.79 Å². The molecule has 0 saturated carbocycles. The molecule has 0 aliphatic heterocycles. The lowest BCUT2D eigenvalue weighted by Gasteiger charge is -2.05. The minimum atomic E-state index is -1.02. The van der Waals surface area contributed by atoms with Crippen LogP contribution in [-0.2, 0) is 6.42 Å². The number of hydrogen-bond donors (Lipinski definition) is 4. The molecule has 0 amide bonds. The van der Waals surface area contributed by atoms with Gasteiger partial charge < -0.3 is 25.7 Å². The Morgan fingerprint density at radius 1 is 1.08 bits per heavy atom. The third-order valence-corrected chi connectivity index (χ3v) is 5.78. The Labute approximate surface area is 214 Å². The first-order valence-electron chi connectivity index (χ1n) is 11.7. The number of rotatable bonds is 5. The Morgan fingerprint density at radius 2 is 1.86 bits per heavy atom. The van der Waals surface area contributed by atoms with Gasteiger partial charge >= 0.3 is 5.97 Å². The maximum Gasteiger partial charge on any atom is 0.337 e. The lowest BCUT2D eigenvalue weighted by Crippen LogP contribution is -2.26. The molecule has 0 unspecified atom stereocenters. The predicted molar refractivity (Wildman–Crippen MR) is 145 cm³/mol. The first-order chi connectivity index (χ1) is 18.0. The number of benzene rings is 3. The predicted octanol–water partition coefficient (Wildman–Crippen LogP) is 4.37. The minimum absolute atomic E-state index is 0.0273. The van der Waals surface area contributed by atoms with Gasteiger partial charge in [0.25, 0.3) is 0 Å². The van der Waals surface area contributed by atoms with Gasteiger partial charge in [0.2, 0.25) is 0 Å². The molecule has 0 bridgehead atoms. The number of carboxylic acid groups (broad SMARTS) is 1. The summed E-state index contributed by atoms with van der Waals surface area (Å²) in [4.78, 5) is 18.8. The number of ether oxygens (including phenoxy) is 1. The molecular formula is C30H27N3O4. The molecule has 5 aromatic rings. The van der Waals surface area contributed by atoms with Crippen LogP contribution in [0.3, 0.4) is 0 Å². The van der Waals surface area contributed by atoms with E-state index in [0.717, 1.165) is 16.5 Å². The van der Waals surface area contributed by atoms with Crippen molar-refractivity contribution in [3.63, 3.8) is 0 Å². The van der Waals surface area contributed by atoms with E-state index < -0.39 is 5.97 Å². The van der Waals surface area contributed by atoms with E-state index in [-0.39, 0.29) is 18.2 Å². The van der Waals surface area contributed by atoms with Crippen molar-refractivity contribution in [3.05, 3.63) is 107 Å². The number of aromatic carboxylic acids is 1. The summed E-state index contributed by atoms with van der Waals surface area (Å²) in [5, 5.41) is 20.2. The zero-order valence-electron chi connectivity index (χ0n) is 20.3. The van der Waals surface area contributed by atoms with Gasteiger partial charge in [-0.05, 0) is 48.4 Å². The summed E-state index contributed by atoms with van der Waals surface area (Å²) in [5.41, 5.74) is 9.95. The van der Waals surface area contributed by atoms with Gasteiger partial charge in [-0.1, -0.05) is 48.2 Å². The molecule has 5 N–H and O–H groups in total. The summed E-state index contributed by atoms with van der Waals surface area (Å²) in [6.07, 6.45) is 4.25. The molecule has 0 spiro atoms. The van der Waals surface area contributed by atoms with Crippen molar-refractivity contribution in [2.24, 2.45) is 5.73 Å². The van der Waals surface area contributed by atoms with Crippen LogP contribution in [0, 0.1) is 11.8 Å². The van der Waals surface area contributed by atoms with Crippen LogP contribution in [0.5, 0.6) is 5.75 Å². The Bertz CT molecular complexity index is 1600. The SMILES string of the molecule is COc1ccccc1C#Cc1cc(C(=O)O)c2ncccc2c1.N[C@@H](CO)Cc1c[nH]c2ccccc12. The maximum atomic E-state index is 11.4. The third-order valence-electron chi connectivity index (χ3n) is 5.78. The summed E-state index contributed by atoms with van der Waals surface area (Å²) in [6.45, 7) is 0.0273. The van der Waals surface area contributed by atoms with Gasteiger partial charge in [0.15, 0.2) is 0 Å². The standard InChI is InChI=1S/C19H13NO3.C11H14N2O/c1-23-17-7-3-2-5-14(17)9-8-13-11-15-6-4-10-20-18(15)16(12-13)19(21)22;12-9(7-14)5-8-6-13-11-4-2-1-3-10(8)11/h2-7,10-12H,1H3,(H,21,22);1-4,6,9,13-14H,5,7,12H2/t;9-/m.1/s1. The van der Waals surface area contributed by atoms with Gasteiger partial charge in [0.1, 0.15) is 5.75 Å². The van der Waals surface area contributed by atoms with Crippen LogP contribution in [0.4, 0.5) is 0 Å². The van der Waals surface area contributed by atoms with E-state index in [0.29, 0.717) is 23.3 Å². The minimum Gasteiger partial charge on any atom is -0.495 e. The summed E-state index contributed by atoms with van der Waals surface area (Å²) < 4.78 is 5.26. The van der Waals surface area contributed by atoms with Crippen molar-refractivity contribution in [2.75, 3.05) is 13.7 Å². The number of carboxylic acids is 1. The van der Waals surface area contributed by atoms with Crippen molar-refractivity contribution in [1.29, 1.82) is 0 Å². The number of aliphatic hydroxyl groups is 1. The number of methoxy groups -OCH3 is 1. The second-order valence-electron chi connectivity index (χ2n) is 8.36. The normalized spacial score (nSPS) is 11.2. The molecule has 0 aliphatic carbocycles. The number of aliphatic hydroxyl groups excluding tert-OH is 1. The van der Waals surface area contributed by atoms with Crippen molar-refractivity contribution in [1.82, 2.24) is 9.97 Å². The van der Waals surface area contributed by atoms with E-state index in [4.69, 9.17) is 15.6 Å². The number of nitrogens with one attached hydrogen (secondary N) is 1. The highest BCUT2D eigenvalue weighted by Gasteiger charge is 2.11. The van der Waals surface area contributed by atoms with Crippen LogP contribution >= 0.6 is 0 Å². The number of hydrogen-bond acceptors (Lipinski definition) is 5. The first kappa shape index (κ1) is 25.5. The molecule has 7 heteroatoms. The van der Waals surface area contributed by atoms with E-state index in [1.165, 1.54) is 10.9 Å². The number of pyridine rings is 1. The number of aromatic nitrogens is 2. The number of nitrogens with two attached hydrogens (primary N) is 1. The van der Waals surface area contributed by atoms with Crippen molar-refractivity contribution < 1.29 is 19.7 Å². The van der Waals surface area contributed by atoms with Gasteiger partial charge in [-0.15, -0.1) is 0 Å². The molecule has 0 radical (unpaired) electrons. The van der Waals surface area contributed by atoms with Crippen LogP contribution in [-0.4, -0.2) is 45.9 Å². The lowest BCUT2D eigenvalue weighted by molar-refractivity contribution is 0.0698. The van der Waals surface area contributed by atoms with Crippen molar-refractivity contribution >= 4 is 27.8 Å². The summed E-state index contributed by atoms with van der Waals surface area (Å²) in [6, 6.07) is 22.3. The molecule has 37 heavy (non-hydrogen) atoms. The summed E-state index contributed by atoms with van der Waals surface area (Å²) in [5.74, 6) is 5.69. The number of nitrogens with zero attached hydrogens (tertiary/aromatic N) is 1. The van der Waals surface area contributed by atoms with Crippen LogP contribution in [0.1, 0.15) is 27.0 Å². The molecule has 7 nitrogen and oxygen atoms in total. The molecule has 0 aliphatic rings. The Balaban J connectivity index is 0.000000195. The highest BCUT2D eigenvalue weighted by molar-refractivity contribution is 6.02. The number of fused-ring (bicyclic) bond motifs is 2. The third kappa shape index (κ3) is 6.14. The number of para-hydroxylation sites is 2. The van der Waals surface area contributed by atoms with Crippen LogP contribution in [0.2, 0.25) is 0 Å². The first-order valence-corrected chi connectivity index (χ1v) is 11.7. The highest BCUT2D eigenvalue weighted by atomic mass is 16.5. The monoisotopic (exact) mass is 493 g/mol.